The molecular weight excluding hydrogens is 400 g/mol. The second kappa shape index (κ2) is 10.1. The number of amides is 1. The smallest absolute Gasteiger partial charge is 0.238 e. The van der Waals surface area contributed by atoms with Gasteiger partial charge in [-0.1, -0.05) is 23.7 Å². The summed E-state index contributed by atoms with van der Waals surface area (Å²) in [6.07, 6.45) is 0. The van der Waals surface area contributed by atoms with E-state index in [0.717, 1.165) is 47.6 Å². The third-order valence-corrected chi connectivity index (χ3v) is 6.45. The van der Waals surface area contributed by atoms with E-state index < -0.39 is 0 Å². The highest BCUT2D eigenvalue weighted by molar-refractivity contribution is 7.99. The van der Waals surface area contributed by atoms with Crippen molar-refractivity contribution >= 4 is 46.3 Å². The van der Waals surface area contributed by atoms with E-state index in [0.29, 0.717) is 12.3 Å². The zero-order valence-corrected chi connectivity index (χ0v) is 17.2. The largest absolute Gasteiger partial charge is 0.324 e. The van der Waals surface area contributed by atoms with Crippen LogP contribution in [0.3, 0.4) is 0 Å². The molecule has 0 unspecified atom stereocenters. The van der Waals surface area contributed by atoms with Crippen molar-refractivity contribution < 1.29 is 4.79 Å². The van der Waals surface area contributed by atoms with Crippen molar-refractivity contribution in [3.8, 4) is 6.07 Å². The highest BCUT2D eigenvalue weighted by atomic mass is 35.5. The maximum absolute atomic E-state index is 12.4. The minimum Gasteiger partial charge on any atom is -0.324 e. The number of carbonyl (C=O) groups is 1. The summed E-state index contributed by atoms with van der Waals surface area (Å²) < 4.78 is 0.827. The van der Waals surface area contributed by atoms with Crippen LogP contribution >= 0.6 is 34.7 Å². The highest BCUT2D eigenvalue weighted by Gasteiger charge is 2.20. The Morgan fingerprint density at radius 1 is 1.19 bits per heavy atom. The number of thioether (sulfide) groups is 1. The standard InChI is InChI=1S/C19H21ClN4OS2/c20-18-6-5-15(27-18)13-23-8-10-24(11-9-23)14-19(25)22-16-3-1-2-4-17(16)26-12-7-21/h1-6H,8-14H2,(H,22,25). The van der Waals surface area contributed by atoms with Gasteiger partial charge < -0.3 is 5.32 Å². The number of hydrogen-bond acceptors (Lipinski definition) is 6. The SMILES string of the molecule is N#CCSc1ccccc1NC(=O)CN1CCN(Cc2ccc(Cl)s2)CC1. The first-order chi connectivity index (χ1) is 13.1. The molecule has 8 heteroatoms. The third-order valence-electron chi connectivity index (χ3n) is 4.29. The van der Waals surface area contributed by atoms with Crippen LogP contribution in [-0.2, 0) is 11.3 Å². The fourth-order valence-electron chi connectivity index (χ4n) is 2.96. The molecular formula is C19H21ClN4OS2. The Morgan fingerprint density at radius 3 is 2.63 bits per heavy atom. The number of halogens is 1. The van der Waals surface area contributed by atoms with E-state index >= 15 is 0 Å². The van der Waals surface area contributed by atoms with Crippen molar-refractivity contribution in [2.45, 2.75) is 11.4 Å². The summed E-state index contributed by atoms with van der Waals surface area (Å²) in [5.74, 6) is 0.350. The molecule has 2 aromatic rings. The summed E-state index contributed by atoms with van der Waals surface area (Å²) in [4.78, 5) is 19.2. The summed E-state index contributed by atoms with van der Waals surface area (Å²) >= 11 is 9.05. The van der Waals surface area contributed by atoms with Crippen LogP contribution < -0.4 is 5.32 Å². The van der Waals surface area contributed by atoms with Gasteiger partial charge in [0.2, 0.25) is 5.91 Å². The number of nitriles is 1. The Kier molecular flexibility index (Phi) is 7.56. The average Bonchev–Trinajstić information content (AvgIpc) is 3.07. The molecule has 1 aromatic carbocycles. The summed E-state index contributed by atoms with van der Waals surface area (Å²) in [6, 6.07) is 13.7. The van der Waals surface area contributed by atoms with Crippen LogP contribution in [0.5, 0.6) is 0 Å². The van der Waals surface area contributed by atoms with E-state index in [1.165, 1.54) is 16.6 Å². The maximum Gasteiger partial charge on any atom is 0.238 e. The van der Waals surface area contributed by atoms with Crippen molar-refractivity contribution in [3.05, 3.63) is 45.6 Å². The van der Waals surface area contributed by atoms with E-state index in [1.807, 2.05) is 30.3 Å². The fourth-order valence-corrected chi connectivity index (χ4v) is 4.76. The molecule has 1 amide bonds. The lowest BCUT2D eigenvalue weighted by molar-refractivity contribution is -0.117. The second-order valence-corrected chi connectivity index (χ2v) is 9.07. The number of piperazine rings is 1. The molecule has 3 rings (SSSR count). The van der Waals surface area contributed by atoms with Crippen LogP contribution in [0.25, 0.3) is 0 Å². The summed E-state index contributed by atoms with van der Waals surface area (Å²) in [6.45, 7) is 4.93. The van der Waals surface area contributed by atoms with Gasteiger partial charge in [0.15, 0.2) is 0 Å². The third kappa shape index (κ3) is 6.23. The topological polar surface area (TPSA) is 59.4 Å². The molecule has 0 spiro atoms. The van der Waals surface area contributed by atoms with Gasteiger partial charge in [0.05, 0.1) is 28.4 Å². The number of hydrogen-bond donors (Lipinski definition) is 1. The van der Waals surface area contributed by atoms with Gasteiger partial charge in [-0.05, 0) is 24.3 Å². The van der Waals surface area contributed by atoms with Crippen molar-refractivity contribution in [3.63, 3.8) is 0 Å². The van der Waals surface area contributed by atoms with E-state index in [4.69, 9.17) is 16.9 Å². The van der Waals surface area contributed by atoms with Crippen molar-refractivity contribution in [2.24, 2.45) is 0 Å². The lowest BCUT2D eigenvalue weighted by Gasteiger charge is -2.34. The van der Waals surface area contributed by atoms with Crippen LogP contribution in [0.4, 0.5) is 5.69 Å². The molecule has 1 N–H and O–H groups in total. The first-order valence-electron chi connectivity index (χ1n) is 8.71. The van der Waals surface area contributed by atoms with Crippen molar-refractivity contribution in [1.82, 2.24) is 9.80 Å². The number of benzene rings is 1. The zero-order chi connectivity index (χ0) is 19.1. The van der Waals surface area contributed by atoms with Gasteiger partial charge in [0.25, 0.3) is 0 Å². The fraction of sp³-hybridized carbons (Fsp3) is 0.368. The van der Waals surface area contributed by atoms with Gasteiger partial charge in [0.1, 0.15) is 0 Å². The maximum atomic E-state index is 12.4. The van der Waals surface area contributed by atoms with Crippen molar-refractivity contribution in [2.75, 3.05) is 43.8 Å². The molecule has 27 heavy (non-hydrogen) atoms. The molecule has 0 radical (unpaired) electrons. The van der Waals surface area contributed by atoms with E-state index in [9.17, 15) is 4.79 Å². The summed E-state index contributed by atoms with van der Waals surface area (Å²) in [5.41, 5.74) is 0.774. The molecule has 1 aromatic heterocycles. The van der Waals surface area contributed by atoms with E-state index in [-0.39, 0.29) is 5.91 Å². The van der Waals surface area contributed by atoms with Crippen LogP contribution in [0.15, 0.2) is 41.3 Å². The van der Waals surface area contributed by atoms with Crippen LogP contribution in [0.1, 0.15) is 4.88 Å². The molecule has 142 valence electrons. The highest BCUT2D eigenvalue weighted by Crippen LogP contribution is 2.26. The van der Waals surface area contributed by atoms with Gasteiger partial charge in [-0.15, -0.1) is 23.1 Å². The Bertz CT molecular complexity index is 812. The molecule has 1 fully saturated rings. The molecule has 1 aliphatic rings. The molecule has 0 bridgehead atoms. The number of nitrogens with one attached hydrogen (secondary N) is 1. The molecule has 0 saturated carbocycles. The number of nitrogens with zero attached hydrogens (tertiary/aromatic N) is 3. The predicted molar refractivity (Wildman–Crippen MR) is 112 cm³/mol. The Hall–Kier alpha value is -1.56. The normalized spacial score (nSPS) is 15.4. The predicted octanol–water partition coefficient (Wildman–Crippen LogP) is 3.77. The van der Waals surface area contributed by atoms with Crippen molar-refractivity contribution in [1.29, 1.82) is 5.26 Å². The minimum atomic E-state index is -0.0153. The Balaban J connectivity index is 1.45. The Labute approximate surface area is 172 Å². The molecule has 1 aliphatic heterocycles. The number of anilines is 1. The molecule has 0 aliphatic carbocycles. The van der Waals surface area contributed by atoms with E-state index in [2.05, 4.69) is 27.3 Å². The number of thiophene rings is 1. The summed E-state index contributed by atoms with van der Waals surface area (Å²) in [7, 11) is 0. The molecule has 0 atom stereocenters. The number of rotatable bonds is 7. The number of carbonyl (C=O) groups excluding carboxylic acids is 1. The first-order valence-corrected chi connectivity index (χ1v) is 10.9. The molecule has 5 nitrogen and oxygen atoms in total. The van der Waals surface area contributed by atoms with Gasteiger partial charge >= 0.3 is 0 Å². The van der Waals surface area contributed by atoms with Gasteiger partial charge in [0, 0.05) is 42.5 Å². The summed E-state index contributed by atoms with van der Waals surface area (Å²) in [5, 5.41) is 11.7. The van der Waals surface area contributed by atoms with Gasteiger partial charge in [-0.25, -0.2) is 0 Å². The number of para-hydroxylation sites is 1. The zero-order valence-electron chi connectivity index (χ0n) is 14.9. The quantitative estimate of drug-likeness (QED) is 0.691. The lowest BCUT2D eigenvalue weighted by Crippen LogP contribution is -2.48. The monoisotopic (exact) mass is 420 g/mol. The van der Waals surface area contributed by atoms with Gasteiger partial charge in [-0.3, -0.25) is 14.6 Å². The van der Waals surface area contributed by atoms with Gasteiger partial charge in [-0.2, -0.15) is 5.26 Å². The van der Waals surface area contributed by atoms with E-state index in [1.54, 1.807) is 11.3 Å². The molecule has 1 saturated heterocycles. The minimum absolute atomic E-state index is 0.0153. The Morgan fingerprint density at radius 2 is 1.93 bits per heavy atom. The first kappa shape index (κ1) is 20.2. The molecule has 2 heterocycles. The second-order valence-electron chi connectivity index (χ2n) is 6.25. The van der Waals surface area contributed by atoms with Crippen LogP contribution in [0, 0.1) is 11.3 Å². The lowest BCUT2D eigenvalue weighted by atomic mass is 10.3. The van der Waals surface area contributed by atoms with Crippen LogP contribution in [-0.4, -0.2) is 54.2 Å². The van der Waals surface area contributed by atoms with Crippen LogP contribution in [0.2, 0.25) is 4.34 Å². The average molecular weight is 421 g/mol.